The SMILES string of the molecule is Cc1cc(C)cc(NC(=O)N(CC(=O)O)C(C)C)c1. The summed E-state index contributed by atoms with van der Waals surface area (Å²) in [7, 11) is 0. The first kappa shape index (κ1) is 15.0. The van der Waals surface area contributed by atoms with Crippen LogP contribution in [0.5, 0.6) is 0 Å². The molecular formula is C14H20N2O3. The molecule has 104 valence electrons. The first-order valence-corrected chi connectivity index (χ1v) is 6.17. The van der Waals surface area contributed by atoms with Gasteiger partial charge in [0, 0.05) is 11.7 Å². The third-order valence-electron chi connectivity index (χ3n) is 2.66. The second kappa shape index (κ2) is 6.22. The minimum absolute atomic E-state index is 0.179. The monoisotopic (exact) mass is 264 g/mol. The minimum atomic E-state index is -1.02. The summed E-state index contributed by atoms with van der Waals surface area (Å²) >= 11 is 0. The molecule has 2 N–H and O–H groups in total. The fraction of sp³-hybridized carbons (Fsp3) is 0.429. The van der Waals surface area contributed by atoms with Gasteiger partial charge in [0.1, 0.15) is 6.54 Å². The van der Waals surface area contributed by atoms with E-state index in [4.69, 9.17) is 5.11 Å². The zero-order chi connectivity index (χ0) is 14.6. The molecule has 0 fully saturated rings. The van der Waals surface area contributed by atoms with Crippen LogP contribution in [0.2, 0.25) is 0 Å². The maximum atomic E-state index is 12.1. The van der Waals surface area contributed by atoms with Crippen molar-refractivity contribution in [1.82, 2.24) is 4.90 Å². The highest BCUT2D eigenvalue weighted by Crippen LogP contribution is 2.14. The zero-order valence-electron chi connectivity index (χ0n) is 11.7. The first-order chi connectivity index (χ1) is 8.79. The molecule has 1 aromatic rings. The molecule has 2 amide bonds. The van der Waals surface area contributed by atoms with Gasteiger partial charge >= 0.3 is 12.0 Å². The predicted molar refractivity (Wildman–Crippen MR) is 74.4 cm³/mol. The summed E-state index contributed by atoms with van der Waals surface area (Å²) in [5, 5.41) is 11.5. The van der Waals surface area contributed by atoms with Crippen LogP contribution >= 0.6 is 0 Å². The Balaban J connectivity index is 2.83. The summed E-state index contributed by atoms with van der Waals surface area (Å²) in [6, 6.07) is 5.13. The average Bonchev–Trinajstić information content (AvgIpc) is 2.23. The van der Waals surface area contributed by atoms with E-state index in [9.17, 15) is 9.59 Å². The van der Waals surface area contributed by atoms with Crippen molar-refractivity contribution in [2.75, 3.05) is 11.9 Å². The molecule has 0 aromatic heterocycles. The van der Waals surface area contributed by atoms with Crippen LogP contribution in [0.1, 0.15) is 25.0 Å². The summed E-state index contributed by atoms with van der Waals surface area (Å²) in [6.45, 7) is 7.14. The van der Waals surface area contributed by atoms with Gasteiger partial charge in [-0.15, -0.1) is 0 Å². The number of anilines is 1. The third kappa shape index (κ3) is 4.62. The van der Waals surface area contributed by atoms with Gasteiger partial charge in [-0.05, 0) is 51.0 Å². The molecule has 5 heteroatoms. The van der Waals surface area contributed by atoms with E-state index >= 15 is 0 Å². The molecule has 0 saturated carbocycles. The summed E-state index contributed by atoms with van der Waals surface area (Å²) in [5.41, 5.74) is 2.77. The van der Waals surface area contributed by atoms with E-state index in [0.29, 0.717) is 5.69 Å². The van der Waals surface area contributed by atoms with Gasteiger partial charge in [-0.1, -0.05) is 6.07 Å². The summed E-state index contributed by atoms with van der Waals surface area (Å²) in [5.74, 6) is -1.02. The zero-order valence-corrected chi connectivity index (χ0v) is 11.7. The van der Waals surface area contributed by atoms with Crippen LogP contribution in [0.4, 0.5) is 10.5 Å². The highest BCUT2D eigenvalue weighted by atomic mass is 16.4. The van der Waals surface area contributed by atoms with E-state index in [2.05, 4.69) is 5.32 Å². The smallest absolute Gasteiger partial charge is 0.323 e. The molecule has 0 atom stereocenters. The lowest BCUT2D eigenvalue weighted by atomic mass is 10.1. The van der Waals surface area contributed by atoms with Crippen molar-refractivity contribution in [2.24, 2.45) is 0 Å². The van der Waals surface area contributed by atoms with Crippen LogP contribution in [-0.4, -0.2) is 34.6 Å². The molecule has 0 aliphatic rings. The normalized spacial score (nSPS) is 10.4. The molecule has 1 aromatic carbocycles. The highest BCUT2D eigenvalue weighted by Gasteiger charge is 2.19. The second-order valence-corrected chi connectivity index (χ2v) is 4.92. The van der Waals surface area contributed by atoms with E-state index in [1.165, 1.54) is 4.90 Å². The standard InChI is InChI=1S/C14H20N2O3/c1-9(2)16(8-13(17)18)14(19)15-12-6-10(3)5-11(4)7-12/h5-7,9H,8H2,1-4H3,(H,15,19)(H,17,18). The van der Waals surface area contributed by atoms with Crippen LogP contribution in [0.25, 0.3) is 0 Å². The van der Waals surface area contributed by atoms with Gasteiger partial charge in [0.25, 0.3) is 0 Å². The lowest BCUT2D eigenvalue weighted by Crippen LogP contribution is -2.43. The van der Waals surface area contributed by atoms with E-state index in [0.717, 1.165) is 11.1 Å². The number of carbonyl (C=O) groups is 2. The Hall–Kier alpha value is -2.04. The number of carboxylic acid groups (broad SMARTS) is 1. The number of aliphatic carboxylic acids is 1. The predicted octanol–water partition coefficient (Wildman–Crippen LogP) is 2.63. The van der Waals surface area contributed by atoms with Crippen molar-refractivity contribution >= 4 is 17.7 Å². The lowest BCUT2D eigenvalue weighted by molar-refractivity contribution is -0.137. The maximum absolute atomic E-state index is 12.1. The molecule has 0 spiro atoms. The number of carbonyl (C=O) groups excluding carboxylic acids is 1. The van der Waals surface area contributed by atoms with Crippen molar-refractivity contribution in [3.8, 4) is 0 Å². The first-order valence-electron chi connectivity index (χ1n) is 6.17. The van der Waals surface area contributed by atoms with Gasteiger partial charge in [-0.2, -0.15) is 0 Å². The Morgan fingerprint density at radius 1 is 1.21 bits per heavy atom. The number of rotatable bonds is 4. The van der Waals surface area contributed by atoms with Crippen molar-refractivity contribution in [3.05, 3.63) is 29.3 Å². The number of benzene rings is 1. The molecule has 0 bridgehead atoms. The molecule has 0 aliphatic heterocycles. The molecule has 0 aliphatic carbocycles. The summed E-state index contributed by atoms with van der Waals surface area (Å²) < 4.78 is 0. The topological polar surface area (TPSA) is 69.6 Å². The number of hydrogen-bond acceptors (Lipinski definition) is 2. The number of carboxylic acids is 1. The molecule has 1 rings (SSSR count). The Morgan fingerprint density at radius 2 is 1.74 bits per heavy atom. The van der Waals surface area contributed by atoms with Gasteiger partial charge in [0.05, 0.1) is 0 Å². The Morgan fingerprint density at radius 3 is 2.16 bits per heavy atom. The van der Waals surface area contributed by atoms with E-state index in [1.807, 2.05) is 32.0 Å². The summed E-state index contributed by atoms with van der Waals surface area (Å²) in [6.07, 6.45) is 0. The quantitative estimate of drug-likeness (QED) is 0.878. The second-order valence-electron chi connectivity index (χ2n) is 4.92. The lowest BCUT2D eigenvalue weighted by Gasteiger charge is -2.25. The molecular weight excluding hydrogens is 244 g/mol. The molecule has 5 nitrogen and oxygen atoms in total. The van der Waals surface area contributed by atoms with Gasteiger partial charge in [-0.25, -0.2) is 4.79 Å². The van der Waals surface area contributed by atoms with E-state index in [1.54, 1.807) is 13.8 Å². The van der Waals surface area contributed by atoms with Gasteiger partial charge in [0.2, 0.25) is 0 Å². The maximum Gasteiger partial charge on any atom is 0.323 e. The number of amides is 2. The van der Waals surface area contributed by atoms with Crippen molar-refractivity contribution < 1.29 is 14.7 Å². The fourth-order valence-electron chi connectivity index (χ4n) is 1.88. The highest BCUT2D eigenvalue weighted by molar-refractivity contribution is 5.91. The Kier molecular flexibility index (Phi) is 4.92. The van der Waals surface area contributed by atoms with Crippen molar-refractivity contribution in [3.63, 3.8) is 0 Å². The van der Waals surface area contributed by atoms with Crippen molar-refractivity contribution in [1.29, 1.82) is 0 Å². The Labute approximate surface area is 113 Å². The number of aryl methyl sites for hydroxylation is 2. The van der Waals surface area contributed by atoms with Crippen LogP contribution in [0, 0.1) is 13.8 Å². The van der Waals surface area contributed by atoms with Gasteiger partial charge < -0.3 is 15.3 Å². The molecule has 0 unspecified atom stereocenters. The number of nitrogens with zero attached hydrogens (tertiary/aromatic N) is 1. The van der Waals surface area contributed by atoms with Crippen LogP contribution in [0.15, 0.2) is 18.2 Å². The largest absolute Gasteiger partial charge is 0.480 e. The van der Waals surface area contributed by atoms with Crippen LogP contribution < -0.4 is 5.32 Å². The average molecular weight is 264 g/mol. The number of hydrogen-bond donors (Lipinski definition) is 2. The minimum Gasteiger partial charge on any atom is -0.480 e. The fourth-order valence-corrected chi connectivity index (χ4v) is 1.88. The third-order valence-corrected chi connectivity index (χ3v) is 2.66. The van der Waals surface area contributed by atoms with E-state index < -0.39 is 12.0 Å². The number of urea groups is 1. The van der Waals surface area contributed by atoms with Crippen molar-refractivity contribution in [2.45, 2.75) is 33.7 Å². The van der Waals surface area contributed by atoms with Gasteiger partial charge in [-0.3, -0.25) is 4.79 Å². The molecule has 0 radical (unpaired) electrons. The molecule has 0 heterocycles. The van der Waals surface area contributed by atoms with Crippen LogP contribution in [-0.2, 0) is 4.79 Å². The molecule has 0 saturated heterocycles. The number of nitrogens with one attached hydrogen (secondary N) is 1. The molecule has 19 heavy (non-hydrogen) atoms. The van der Waals surface area contributed by atoms with Gasteiger partial charge in [0.15, 0.2) is 0 Å². The summed E-state index contributed by atoms with van der Waals surface area (Å²) in [4.78, 5) is 24.1. The van der Waals surface area contributed by atoms with E-state index in [-0.39, 0.29) is 12.6 Å². The van der Waals surface area contributed by atoms with Crippen LogP contribution in [0.3, 0.4) is 0 Å². The Bertz CT molecular complexity index is 463.